The molecular weight excluding hydrogens is 216 g/mol. The van der Waals surface area contributed by atoms with E-state index >= 15 is 0 Å². The molecule has 0 heterocycles. The zero-order chi connectivity index (χ0) is 9.99. The average Bonchev–Trinajstić information content (AvgIpc) is 1.48. The minimum Gasteiger partial charge on any atom is -0.464 e. The van der Waals surface area contributed by atoms with Crippen LogP contribution < -0.4 is 8.85 Å². The van der Waals surface area contributed by atoms with Crippen LogP contribution >= 0.6 is 0 Å². The summed E-state index contributed by atoms with van der Waals surface area (Å²) in [6.45, 7) is 0. The highest BCUT2D eigenvalue weighted by molar-refractivity contribution is 8.01. The highest BCUT2D eigenvalue weighted by atomic mass is 32.3. The highest BCUT2D eigenvalue weighted by Crippen LogP contribution is 1.81. The summed E-state index contributed by atoms with van der Waals surface area (Å²) in [6.07, 6.45) is -1.98. The Morgan fingerprint density at radius 3 is 1.83 bits per heavy atom. The summed E-state index contributed by atoms with van der Waals surface area (Å²) in [5, 5.41) is 7.84. The second-order valence-electron chi connectivity index (χ2n) is 1.47. The van der Waals surface area contributed by atoms with Gasteiger partial charge in [0.25, 0.3) is 0 Å². The third-order valence-electron chi connectivity index (χ3n) is 0.437. The van der Waals surface area contributed by atoms with Crippen molar-refractivity contribution in [2.75, 3.05) is 0 Å². The normalized spacial score (nSPS) is 12.4. The molecule has 0 aliphatic heterocycles. The molecular formula is CH4N2O7S2. The van der Waals surface area contributed by atoms with Gasteiger partial charge in [0, 0.05) is 0 Å². The van der Waals surface area contributed by atoms with E-state index in [-0.39, 0.29) is 0 Å². The van der Waals surface area contributed by atoms with E-state index < -0.39 is 26.6 Å². The Bertz CT molecular complexity index is 362. The minimum atomic E-state index is -4.99. The van der Waals surface area contributed by atoms with E-state index in [2.05, 4.69) is 0 Å². The molecule has 0 rings (SSSR count). The molecule has 4 N–H and O–H groups in total. The predicted molar refractivity (Wildman–Crippen MR) is 34.8 cm³/mol. The molecule has 0 aliphatic rings. The monoisotopic (exact) mass is 220 g/mol. The number of amides is 1. The maximum atomic E-state index is 10.3. The van der Waals surface area contributed by atoms with E-state index in [4.69, 9.17) is 9.66 Å². The van der Waals surface area contributed by atoms with Gasteiger partial charge in [-0.1, -0.05) is 4.13 Å². The molecule has 11 heteroatoms. The van der Waals surface area contributed by atoms with E-state index in [0.717, 1.165) is 4.72 Å². The zero-order valence-corrected chi connectivity index (χ0v) is 6.89. The van der Waals surface area contributed by atoms with Crippen molar-refractivity contribution in [1.29, 1.82) is 0 Å². The molecule has 0 saturated heterocycles. The van der Waals surface area contributed by atoms with Gasteiger partial charge in [0.05, 0.1) is 0 Å². The third-order valence-corrected chi connectivity index (χ3v) is 2.60. The lowest BCUT2D eigenvalue weighted by atomic mass is 11.3. The maximum Gasteiger partial charge on any atom is 0.419 e. The first-order valence-corrected chi connectivity index (χ1v) is 5.06. The lowest BCUT2D eigenvalue weighted by molar-refractivity contribution is 0.201. The van der Waals surface area contributed by atoms with Crippen molar-refractivity contribution in [2.24, 2.45) is 0 Å². The van der Waals surface area contributed by atoms with Crippen LogP contribution in [0.2, 0.25) is 0 Å². The van der Waals surface area contributed by atoms with Crippen LogP contribution in [0, 0.1) is 0 Å². The van der Waals surface area contributed by atoms with Crippen LogP contribution in [0.4, 0.5) is 4.79 Å². The van der Waals surface area contributed by atoms with E-state index in [9.17, 15) is 21.6 Å². The Balaban J connectivity index is 4.58. The molecule has 0 saturated carbocycles. The van der Waals surface area contributed by atoms with Crippen molar-refractivity contribution in [1.82, 2.24) is 8.85 Å². The van der Waals surface area contributed by atoms with Gasteiger partial charge in [-0.3, -0.25) is 4.55 Å². The summed E-state index contributed by atoms with van der Waals surface area (Å²) in [5.74, 6) is 0. The van der Waals surface area contributed by atoms with Crippen molar-refractivity contribution in [3.63, 3.8) is 0 Å². The van der Waals surface area contributed by atoms with Crippen LogP contribution in [0.1, 0.15) is 0 Å². The fraction of sp³-hybridized carbons (Fsp3) is 0. The molecule has 0 fully saturated rings. The van der Waals surface area contributed by atoms with Crippen molar-refractivity contribution >= 4 is 26.6 Å². The first-order chi connectivity index (χ1) is 5.12. The van der Waals surface area contributed by atoms with Crippen LogP contribution in [0.15, 0.2) is 0 Å². The molecule has 0 aliphatic carbocycles. The number of rotatable bonds is 3. The zero-order valence-electron chi connectivity index (χ0n) is 5.25. The molecule has 0 aromatic carbocycles. The lowest BCUT2D eigenvalue weighted by Crippen LogP contribution is -2.42. The number of nitrogens with one attached hydrogen (secondary N) is 2. The lowest BCUT2D eigenvalue weighted by Gasteiger charge is -2.00. The first kappa shape index (κ1) is 11.1. The molecule has 0 unspecified atom stereocenters. The van der Waals surface area contributed by atoms with Crippen LogP contribution in [0.5, 0.6) is 0 Å². The SMILES string of the molecule is O=C(O)NS(=O)(=O)NS(=O)(=O)O. The smallest absolute Gasteiger partial charge is 0.419 e. The summed E-state index contributed by atoms with van der Waals surface area (Å²) in [5.41, 5.74) is 0. The molecule has 1 amide bonds. The van der Waals surface area contributed by atoms with Gasteiger partial charge in [0.2, 0.25) is 0 Å². The van der Waals surface area contributed by atoms with E-state index in [1.807, 2.05) is 0 Å². The molecule has 12 heavy (non-hydrogen) atoms. The van der Waals surface area contributed by atoms with Crippen LogP contribution in [-0.4, -0.2) is 32.6 Å². The Morgan fingerprint density at radius 2 is 1.58 bits per heavy atom. The average molecular weight is 220 g/mol. The Morgan fingerprint density at radius 1 is 1.17 bits per heavy atom. The topological polar surface area (TPSA) is 150 Å². The molecule has 0 radical (unpaired) electrons. The standard InChI is InChI=1S/CH4N2O7S2/c4-1(5)2-11(6,7)3-12(8,9)10/h2-3H,(H,4,5)(H,8,9,10). The first-order valence-electron chi connectivity index (χ1n) is 2.14. The number of carboxylic acid groups (broad SMARTS) is 1. The maximum absolute atomic E-state index is 10.3. The van der Waals surface area contributed by atoms with Gasteiger partial charge in [-0.25, -0.2) is 9.52 Å². The molecule has 72 valence electrons. The van der Waals surface area contributed by atoms with Crippen LogP contribution in [0.3, 0.4) is 0 Å². The molecule has 0 aromatic heterocycles. The van der Waals surface area contributed by atoms with Gasteiger partial charge in [-0.2, -0.15) is 16.8 Å². The molecule has 0 bridgehead atoms. The molecule has 0 spiro atoms. The van der Waals surface area contributed by atoms with Gasteiger partial charge >= 0.3 is 26.6 Å². The summed E-state index contributed by atoms with van der Waals surface area (Å²) >= 11 is 0. The number of hydrogen-bond acceptors (Lipinski definition) is 5. The Kier molecular flexibility index (Phi) is 2.98. The van der Waals surface area contributed by atoms with Gasteiger partial charge in [0.1, 0.15) is 0 Å². The second-order valence-corrected chi connectivity index (χ2v) is 4.30. The fourth-order valence-corrected chi connectivity index (χ4v) is 1.78. The van der Waals surface area contributed by atoms with Gasteiger partial charge in [0.15, 0.2) is 0 Å². The van der Waals surface area contributed by atoms with Gasteiger partial charge in [-0.05, 0) is 0 Å². The van der Waals surface area contributed by atoms with Crippen LogP contribution in [0.25, 0.3) is 0 Å². The van der Waals surface area contributed by atoms with Crippen molar-refractivity contribution in [3.05, 3.63) is 0 Å². The van der Waals surface area contributed by atoms with E-state index in [1.54, 1.807) is 0 Å². The third kappa shape index (κ3) is 5.84. The molecule has 0 atom stereocenters. The molecule has 0 aromatic rings. The summed E-state index contributed by atoms with van der Waals surface area (Å²) in [7, 11) is -9.77. The number of hydrogen-bond donors (Lipinski definition) is 4. The number of carbonyl (C=O) groups is 1. The van der Waals surface area contributed by atoms with E-state index in [0.29, 0.717) is 4.13 Å². The predicted octanol–water partition coefficient (Wildman–Crippen LogP) is -2.11. The largest absolute Gasteiger partial charge is 0.464 e. The minimum absolute atomic E-state index is 0.635. The quantitative estimate of drug-likeness (QED) is 0.397. The summed E-state index contributed by atoms with van der Waals surface area (Å²) < 4.78 is 49.7. The van der Waals surface area contributed by atoms with Gasteiger partial charge in [-0.15, -0.1) is 0 Å². The van der Waals surface area contributed by atoms with E-state index in [1.165, 1.54) is 0 Å². The summed E-state index contributed by atoms with van der Waals surface area (Å²) in [4.78, 5) is 9.69. The van der Waals surface area contributed by atoms with Crippen molar-refractivity contribution in [2.45, 2.75) is 0 Å². The van der Waals surface area contributed by atoms with Crippen molar-refractivity contribution in [3.8, 4) is 0 Å². The van der Waals surface area contributed by atoms with Crippen molar-refractivity contribution < 1.29 is 31.3 Å². The fourth-order valence-electron chi connectivity index (χ4n) is 0.274. The Hall–Kier alpha value is -0.910. The highest BCUT2D eigenvalue weighted by Gasteiger charge is 2.19. The second kappa shape index (κ2) is 3.22. The van der Waals surface area contributed by atoms with Crippen LogP contribution in [-0.2, 0) is 20.5 Å². The van der Waals surface area contributed by atoms with Gasteiger partial charge < -0.3 is 5.11 Å². The molecule has 9 nitrogen and oxygen atoms in total. The Labute approximate surface area is 67.5 Å². The summed E-state index contributed by atoms with van der Waals surface area (Å²) in [6, 6.07) is 0.